The molecule has 2 fully saturated rings. The molecule has 0 atom stereocenters. The van der Waals surface area contributed by atoms with Crippen molar-refractivity contribution in [2.24, 2.45) is 10.9 Å². The summed E-state index contributed by atoms with van der Waals surface area (Å²) in [6, 6.07) is 0. The van der Waals surface area contributed by atoms with Crippen LogP contribution in [0.5, 0.6) is 0 Å². The Balaban J connectivity index is 1.45. The number of hydrogen-bond donors (Lipinski definition) is 2. The molecule has 2 rings (SSSR count). The second-order valence-corrected chi connectivity index (χ2v) is 6.18. The van der Waals surface area contributed by atoms with Gasteiger partial charge in [0.05, 0.1) is 0 Å². The SMILES string of the molecule is CN=C(NCCCCN1CCN(C)CC1)NCC1CC1. The molecule has 2 aliphatic rings. The minimum atomic E-state index is 0.894. The number of piperazine rings is 1. The molecule has 5 heteroatoms. The van der Waals surface area contributed by atoms with Crippen LogP contribution in [0.25, 0.3) is 0 Å². The average molecular weight is 281 g/mol. The number of rotatable bonds is 7. The van der Waals surface area contributed by atoms with Crippen LogP contribution in [0.15, 0.2) is 4.99 Å². The molecule has 1 heterocycles. The van der Waals surface area contributed by atoms with Gasteiger partial charge in [0.1, 0.15) is 0 Å². The fraction of sp³-hybridized carbons (Fsp3) is 0.933. The maximum absolute atomic E-state index is 4.26. The largest absolute Gasteiger partial charge is 0.356 e. The molecule has 0 aromatic heterocycles. The van der Waals surface area contributed by atoms with Crippen LogP contribution in [0, 0.1) is 5.92 Å². The first-order valence-corrected chi connectivity index (χ1v) is 8.13. The minimum absolute atomic E-state index is 0.894. The molecule has 0 amide bonds. The molecule has 0 aromatic carbocycles. The van der Waals surface area contributed by atoms with Crippen molar-refractivity contribution >= 4 is 5.96 Å². The molecule has 1 aliphatic heterocycles. The minimum Gasteiger partial charge on any atom is -0.356 e. The molecule has 1 saturated heterocycles. The van der Waals surface area contributed by atoms with E-state index in [1.165, 1.54) is 58.4 Å². The van der Waals surface area contributed by atoms with Gasteiger partial charge in [0, 0.05) is 46.3 Å². The zero-order valence-corrected chi connectivity index (χ0v) is 13.2. The van der Waals surface area contributed by atoms with Crippen molar-refractivity contribution in [2.75, 3.05) is 59.9 Å². The molecule has 0 spiro atoms. The Labute approximate surface area is 123 Å². The Morgan fingerprint density at radius 1 is 1.10 bits per heavy atom. The Morgan fingerprint density at radius 3 is 2.50 bits per heavy atom. The number of hydrogen-bond acceptors (Lipinski definition) is 3. The smallest absolute Gasteiger partial charge is 0.190 e. The van der Waals surface area contributed by atoms with Crippen LogP contribution in [0.3, 0.4) is 0 Å². The highest BCUT2D eigenvalue weighted by Crippen LogP contribution is 2.27. The summed E-state index contributed by atoms with van der Waals surface area (Å²) in [6.07, 6.45) is 5.26. The Morgan fingerprint density at radius 2 is 1.85 bits per heavy atom. The molecule has 1 saturated carbocycles. The maximum Gasteiger partial charge on any atom is 0.190 e. The molecule has 0 aromatic rings. The third-order valence-electron chi connectivity index (χ3n) is 4.27. The summed E-state index contributed by atoms with van der Waals surface area (Å²) in [4.78, 5) is 9.26. The van der Waals surface area contributed by atoms with Gasteiger partial charge in [-0.15, -0.1) is 0 Å². The first-order valence-electron chi connectivity index (χ1n) is 8.13. The van der Waals surface area contributed by atoms with Crippen molar-refractivity contribution in [3.05, 3.63) is 0 Å². The van der Waals surface area contributed by atoms with Crippen LogP contribution in [-0.4, -0.2) is 75.7 Å². The van der Waals surface area contributed by atoms with Gasteiger partial charge in [-0.05, 0) is 45.2 Å². The highest BCUT2D eigenvalue weighted by molar-refractivity contribution is 5.79. The quantitative estimate of drug-likeness (QED) is 0.407. The van der Waals surface area contributed by atoms with Crippen LogP contribution < -0.4 is 10.6 Å². The number of nitrogens with one attached hydrogen (secondary N) is 2. The lowest BCUT2D eigenvalue weighted by molar-refractivity contribution is 0.152. The topological polar surface area (TPSA) is 42.9 Å². The summed E-state index contributed by atoms with van der Waals surface area (Å²) in [5, 5.41) is 6.81. The summed E-state index contributed by atoms with van der Waals surface area (Å²) in [6.45, 7) is 8.25. The number of aliphatic imine (C=N–C) groups is 1. The standard InChI is InChI=1S/C15H31N5/c1-16-15(18-13-14-5-6-14)17-7-3-4-8-20-11-9-19(2)10-12-20/h14H,3-13H2,1-2H3,(H2,16,17,18). The van der Waals surface area contributed by atoms with Gasteiger partial charge >= 0.3 is 0 Å². The second kappa shape index (κ2) is 8.47. The van der Waals surface area contributed by atoms with E-state index < -0.39 is 0 Å². The summed E-state index contributed by atoms with van der Waals surface area (Å²) in [5.41, 5.74) is 0. The van der Waals surface area contributed by atoms with Crippen LogP contribution in [0.4, 0.5) is 0 Å². The molecule has 116 valence electrons. The predicted molar refractivity (Wildman–Crippen MR) is 85.3 cm³/mol. The molecule has 5 nitrogen and oxygen atoms in total. The van der Waals surface area contributed by atoms with Gasteiger partial charge in [-0.25, -0.2) is 0 Å². The van der Waals surface area contributed by atoms with E-state index in [4.69, 9.17) is 0 Å². The van der Waals surface area contributed by atoms with E-state index in [1.807, 2.05) is 7.05 Å². The Kier molecular flexibility index (Phi) is 6.60. The number of guanidine groups is 1. The predicted octanol–water partition coefficient (Wildman–Crippen LogP) is 0.589. The summed E-state index contributed by atoms with van der Waals surface area (Å²) >= 11 is 0. The van der Waals surface area contributed by atoms with Gasteiger partial charge in [-0.3, -0.25) is 4.99 Å². The van der Waals surface area contributed by atoms with Crippen LogP contribution in [0.2, 0.25) is 0 Å². The van der Waals surface area contributed by atoms with E-state index in [0.717, 1.165) is 25.0 Å². The zero-order chi connectivity index (χ0) is 14.2. The van der Waals surface area contributed by atoms with Crippen LogP contribution in [0.1, 0.15) is 25.7 Å². The fourth-order valence-corrected chi connectivity index (χ4v) is 2.52. The third kappa shape index (κ3) is 6.09. The summed E-state index contributed by atoms with van der Waals surface area (Å²) in [5.74, 6) is 1.86. The molecule has 0 radical (unpaired) electrons. The molecular weight excluding hydrogens is 250 g/mol. The highest BCUT2D eigenvalue weighted by atomic mass is 15.2. The zero-order valence-electron chi connectivity index (χ0n) is 13.2. The number of unbranched alkanes of at least 4 members (excludes halogenated alkanes) is 1. The first-order chi connectivity index (χ1) is 9.78. The van der Waals surface area contributed by atoms with Crippen molar-refractivity contribution < 1.29 is 0 Å². The molecule has 0 bridgehead atoms. The van der Waals surface area contributed by atoms with Crippen molar-refractivity contribution in [1.29, 1.82) is 0 Å². The van der Waals surface area contributed by atoms with Gasteiger partial charge in [0.2, 0.25) is 0 Å². The van der Waals surface area contributed by atoms with Gasteiger partial charge in [-0.2, -0.15) is 0 Å². The second-order valence-electron chi connectivity index (χ2n) is 6.18. The first kappa shape index (κ1) is 15.6. The van der Waals surface area contributed by atoms with E-state index in [-0.39, 0.29) is 0 Å². The van der Waals surface area contributed by atoms with Gasteiger partial charge in [0.25, 0.3) is 0 Å². The monoisotopic (exact) mass is 281 g/mol. The van der Waals surface area contributed by atoms with Gasteiger partial charge in [0.15, 0.2) is 5.96 Å². The van der Waals surface area contributed by atoms with Crippen molar-refractivity contribution in [2.45, 2.75) is 25.7 Å². The van der Waals surface area contributed by atoms with Gasteiger partial charge < -0.3 is 20.4 Å². The Bertz CT molecular complexity index is 293. The van der Waals surface area contributed by atoms with E-state index in [0.29, 0.717) is 0 Å². The molecule has 0 unspecified atom stereocenters. The normalized spacial score (nSPS) is 22.0. The average Bonchev–Trinajstić information content (AvgIpc) is 3.28. The lowest BCUT2D eigenvalue weighted by Gasteiger charge is -2.32. The fourth-order valence-electron chi connectivity index (χ4n) is 2.52. The van der Waals surface area contributed by atoms with Crippen molar-refractivity contribution in [1.82, 2.24) is 20.4 Å². The van der Waals surface area contributed by atoms with E-state index in [1.54, 1.807) is 0 Å². The molecule has 1 aliphatic carbocycles. The van der Waals surface area contributed by atoms with Crippen LogP contribution >= 0.6 is 0 Å². The highest BCUT2D eigenvalue weighted by Gasteiger charge is 2.20. The van der Waals surface area contributed by atoms with Crippen LogP contribution in [-0.2, 0) is 0 Å². The lowest BCUT2D eigenvalue weighted by Crippen LogP contribution is -2.44. The third-order valence-corrected chi connectivity index (χ3v) is 4.27. The lowest BCUT2D eigenvalue weighted by atomic mass is 10.2. The summed E-state index contributed by atoms with van der Waals surface area (Å²) in [7, 11) is 4.06. The van der Waals surface area contributed by atoms with Crippen molar-refractivity contribution in [3.8, 4) is 0 Å². The van der Waals surface area contributed by atoms with Crippen molar-refractivity contribution in [3.63, 3.8) is 0 Å². The van der Waals surface area contributed by atoms with E-state index in [9.17, 15) is 0 Å². The maximum atomic E-state index is 4.26. The van der Waals surface area contributed by atoms with E-state index >= 15 is 0 Å². The molecule has 2 N–H and O–H groups in total. The van der Waals surface area contributed by atoms with E-state index in [2.05, 4.69) is 32.5 Å². The molecular formula is C15H31N5. The molecule has 20 heavy (non-hydrogen) atoms. The summed E-state index contributed by atoms with van der Waals surface area (Å²) < 4.78 is 0. The Hall–Kier alpha value is -0.810. The number of likely N-dealkylation sites (N-methyl/N-ethyl adjacent to an activating group) is 1. The number of nitrogens with zero attached hydrogens (tertiary/aromatic N) is 3. The van der Waals surface area contributed by atoms with Gasteiger partial charge in [-0.1, -0.05) is 0 Å².